The van der Waals surface area contributed by atoms with E-state index in [1.165, 1.54) is 0 Å². The van der Waals surface area contributed by atoms with Crippen molar-refractivity contribution in [2.24, 2.45) is 0 Å². The van der Waals surface area contributed by atoms with Crippen LogP contribution in [0.5, 0.6) is 0 Å². The van der Waals surface area contributed by atoms with Crippen LogP contribution in [0.25, 0.3) is 0 Å². The molecule has 4 heteroatoms. The lowest BCUT2D eigenvalue weighted by Gasteiger charge is -2.07. The molecular weight excluding hydrogens is 280 g/mol. The summed E-state index contributed by atoms with van der Waals surface area (Å²) in [4.78, 5) is 22.2. The summed E-state index contributed by atoms with van der Waals surface area (Å²) in [5.74, 6) is 0.0731. The van der Waals surface area contributed by atoms with Crippen molar-refractivity contribution >= 4 is 11.8 Å². The SMILES string of the molecule is CCOC(=O)CCc1cccc(COCCCCC(C)=O)c1. The van der Waals surface area contributed by atoms with Crippen molar-refractivity contribution in [1.29, 1.82) is 0 Å². The fourth-order valence-electron chi connectivity index (χ4n) is 2.12. The van der Waals surface area contributed by atoms with E-state index in [1.807, 2.05) is 25.1 Å². The molecule has 0 amide bonds. The number of hydrogen-bond acceptors (Lipinski definition) is 4. The van der Waals surface area contributed by atoms with Crippen LogP contribution in [0.2, 0.25) is 0 Å². The lowest BCUT2D eigenvalue weighted by molar-refractivity contribution is -0.143. The molecule has 0 bridgehead atoms. The highest BCUT2D eigenvalue weighted by Gasteiger charge is 2.03. The highest BCUT2D eigenvalue weighted by atomic mass is 16.5. The predicted octanol–water partition coefficient (Wildman–Crippen LogP) is 3.46. The van der Waals surface area contributed by atoms with Crippen molar-refractivity contribution in [3.05, 3.63) is 35.4 Å². The van der Waals surface area contributed by atoms with Crippen LogP contribution in [-0.4, -0.2) is 25.0 Å². The van der Waals surface area contributed by atoms with Crippen LogP contribution in [0.4, 0.5) is 0 Å². The van der Waals surface area contributed by atoms with Gasteiger partial charge in [-0.3, -0.25) is 4.79 Å². The number of ketones is 1. The summed E-state index contributed by atoms with van der Waals surface area (Å²) in [6.45, 7) is 5.08. The number of carbonyl (C=O) groups is 2. The number of Topliss-reactive ketones (excluding diaryl/α,β-unsaturated/α-hetero) is 1. The number of unbranched alkanes of at least 4 members (excludes halogenated alkanes) is 1. The summed E-state index contributed by atoms with van der Waals surface area (Å²) in [6.07, 6.45) is 3.51. The van der Waals surface area contributed by atoms with E-state index in [9.17, 15) is 9.59 Å². The maximum absolute atomic E-state index is 11.4. The zero-order chi connectivity index (χ0) is 16.2. The van der Waals surface area contributed by atoms with Gasteiger partial charge in [-0.05, 0) is 44.2 Å². The zero-order valence-corrected chi connectivity index (χ0v) is 13.6. The van der Waals surface area contributed by atoms with Crippen LogP contribution in [-0.2, 0) is 32.1 Å². The average Bonchev–Trinajstić information content (AvgIpc) is 2.49. The summed E-state index contributed by atoms with van der Waals surface area (Å²) in [5.41, 5.74) is 2.22. The van der Waals surface area contributed by atoms with Gasteiger partial charge >= 0.3 is 5.97 Å². The molecule has 0 atom stereocenters. The van der Waals surface area contributed by atoms with E-state index in [4.69, 9.17) is 9.47 Å². The van der Waals surface area contributed by atoms with Crippen molar-refractivity contribution < 1.29 is 19.1 Å². The highest BCUT2D eigenvalue weighted by molar-refractivity contribution is 5.75. The van der Waals surface area contributed by atoms with E-state index in [2.05, 4.69) is 6.07 Å². The molecule has 0 radical (unpaired) electrons. The Kier molecular flexibility index (Phi) is 9.15. The molecule has 1 aromatic carbocycles. The summed E-state index contributed by atoms with van der Waals surface area (Å²) < 4.78 is 10.5. The standard InChI is InChI=1S/C18H26O4/c1-3-22-18(20)11-10-16-8-6-9-17(13-16)14-21-12-5-4-7-15(2)19/h6,8-9,13H,3-5,7,10-12,14H2,1-2H3. The Labute approximate surface area is 132 Å². The van der Waals surface area contributed by atoms with Crippen molar-refractivity contribution in [1.82, 2.24) is 0 Å². The summed E-state index contributed by atoms with van der Waals surface area (Å²) in [5, 5.41) is 0. The molecule has 0 aliphatic heterocycles. The maximum atomic E-state index is 11.4. The first kappa shape index (κ1) is 18.4. The van der Waals surface area contributed by atoms with Crippen molar-refractivity contribution in [2.75, 3.05) is 13.2 Å². The Balaban J connectivity index is 2.25. The van der Waals surface area contributed by atoms with Gasteiger partial charge in [-0.15, -0.1) is 0 Å². The summed E-state index contributed by atoms with van der Waals surface area (Å²) in [6, 6.07) is 8.07. The molecule has 0 unspecified atom stereocenters. The number of hydrogen-bond donors (Lipinski definition) is 0. The second-order valence-electron chi connectivity index (χ2n) is 5.34. The van der Waals surface area contributed by atoms with Gasteiger partial charge in [0.25, 0.3) is 0 Å². The second kappa shape index (κ2) is 11.0. The quantitative estimate of drug-likeness (QED) is 0.464. The molecular formula is C18H26O4. The number of esters is 1. The first-order valence-electron chi connectivity index (χ1n) is 7.92. The zero-order valence-electron chi connectivity index (χ0n) is 13.6. The molecule has 0 spiro atoms. The molecule has 1 rings (SSSR count). The minimum absolute atomic E-state index is 0.158. The smallest absolute Gasteiger partial charge is 0.306 e. The Morgan fingerprint density at radius 2 is 1.86 bits per heavy atom. The Morgan fingerprint density at radius 3 is 2.59 bits per heavy atom. The van der Waals surface area contributed by atoms with Gasteiger partial charge in [0.2, 0.25) is 0 Å². The predicted molar refractivity (Wildman–Crippen MR) is 85.6 cm³/mol. The third kappa shape index (κ3) is 8.57. The Morgan fingerprint density at radius 1 is 1.09 bits per heavy atom. The third-order valence-corrected chi connectivity index (χ3v) is 3.25. The molecule has 0 heterocycles. The number of aryl methyl sites for hydroxylation is 1. The normalized spacial score (nSPS) is 10.5. The number of benzene rings is 1. The molecule has 0 saturated carbocycles. The molecule has 0 N–H and O–H groups in total. The molecule has 0 aliphatic rings. The summed E-state index contributed by atoms with van der Waals surface area (Å²) in [7, 11) is 0. The Hall–Kier alpha value is -1.68. The number of rotatable bonds is 11. The molecule has 22 heavy (non-hydrogen) atoms. The van der Waals surface area contributed by atoms with Crippen molar-refractivity contribution in [3.63, 3.8) is 0 Å². The van der Waals surface area contributed by atoms with Gasteiger partial charge in [0, 0.05) is 19.4 Å². The maximum Gasteiger partial charge on any atom is 0.306 e. The van der Waals surface area contributed by atoms with Gasteiger partial charge < -0.3 is 14.3 Å². The fraction of sp³-hybridized carbons (Fsp3) is 0.556. The monoisotopic (exact) mass is 306 g/mol. The van der Waals surface area contributed by atoms with Crippen LogP contribution in [0.1, 0.15) is 50.7 Å². The fourth-order valence-corrected chi connectivity index (χ4v) is 2.12. The van der Waals surface area contributed by atoms with Gasteiger partial charge in [-0.2, -0.15) is 0 Å². The molecule has 1 aromatic rings. The largest absolute Gasteiger partial charge is 0.466 e. The van der Waals surface area contributed by atoms with E-state index in [1.54, 1.807) is 6.92 Å². The summed E-state index contributed by atoms with van der Waals surface area (Å²) >= 11 is 0. The molecule has 0 aliphatic carbocycles. The van der Waals surface area contributed by atoms with Gasteiger partial charge in [0.05, 0.1) is 13.2 Å². The topological polar surface area (TPSA) is 52.6 Å². The Bertz CT molecular complexity index is 468. The molecule has 4 nitrogen and oxygen atoms in total. The molecule has 0 saturated heterocycles. The first-order valence-corrected chi connectivity index (χ1v) is 7.92. The van der Waals surface area contributed by atoms with Crippen LogP contribution >= 0.6 is 0 Å². The van der Waals surface area contributed by atoms with Crippen molar-refractivity contribution in [2.45, 2.75) is 52.6 Å². The lowest BCUT2D eigenvalue weighted by Crippen LogP contribution is -2.05. The molecule has 0 fully saturated rings. The molecule has 122 valence electrons. The van der Waals surface area contributed by atoms with Gasteiger partial charge in [0.1, 0.15) is 5.78 Å². The van der Waals surface area contributed by atoms with E-state index < -0.39 is 0 Å². The second-order valence-corrected chi connectivity index (χ2v) is 5.34. The van der Waals surface area contributed by atoms with Crippen molar-refractivity contribution in [3.8, 4) is 0 Å². The average molecular weight is 306 g/mol. The van der Waals surface area contributed by atoms with E-state index in [0.29, 0.717) is 39.1 Å². The van der Waals surface area contributed by atoms with Gasteiger partial charge in [-0.25, -0.2) is 0 Å². The lowest BCUT2D eigenvalue weighted by atomic mass is 10.1. The van der Waals surface area contributed by atoms with Crippen LogP contribution in [0.15, 0.2) is 24.3 Å². The van der Waals surface area contributed by atoms with E-state index in [0.717, 1.165) is 24.0 Å². The third-order valence-electron chi connectivity index (χ3n) is 3.25. The van der Waals surface area contributed by atoms with E-state index in [-0.39, 0.29) is 11.8 Å². The van der Waals surface area contributed by atoms with Gasteiger partial charge in [-0.1, -0.05) is 24.3 Å². The van der Waals surface area contributed by atoms with Crippen LogP contribution < -0.4 is 0 Å². The van der Waals surface area contributed by atoms with E-state index >= 15 is 0 Å². The van der Waals surface area contributed by atoms with Crippen LogP contribution in [0, 0.1) is 0 Å². The molecule has 0 aromatic heterocycles. The minimum Gasteiger partial charge on any atom is -0.466 e. The number of ether oxygens (including phenoxy) is 2. The first-order chi connectivity index (χ1) is 10.6. The highest BCUT2D eigenvalue weighted by Crippen LogP contribution is 2.10. The van der Waals surface area contributed by atoms with Gasteiger partial charge in [0.15, 0.2) is 0 Å². The number of carbonyl (C=O) groups excluding carboxylic acids is 2. The minimum atomic E-state index is -0.158. The van der Waals surface area contributed by atoms with Crippen LogP contribution in [0.3, 0.4) is 0 Å².